The number of benzene rings is 1. The third-order valence-corrected chi connectivity index (χ3v) is 5.04. The van der Waals surface area contributed by atoms with Gasteiger partial charge in [0.25, 0.3) is 0 Å². The van der Waals surface area contributed by atoms with E-state index in [0.717, 1.165) is 21.5 Å². The van der Waals surface area contributed by atoms with Crippen LogP contribution in [0.2, 0.25) is 0 Å². The fourth-order valence-electron chi connectivity index (χ4n) is 2.39. The lowest BCUT2D eigenvalue weighted by Crippen LogP contribution is -2.26. The molecule has 1 aromatic carbocycles. The third-order valence-electron chi connectivity index (χ3n) is 3.33. The molecule has 19 heavy (non-hydrogen) atoms. The average molecular weight is 342 g/mol. The van der Waals surface area contributed by atoms with Crippen LogP contribution in [-0.4, -0.2) is 7.05 Å². The minimum atomic E-state index is -0.222. The Morgan fingerprint density at radius 2 is 2.21 bits per heavy atom. The first-order chi connectivity index (χ1) is 9.17. The maximum atomic E-state index is 13.3. The minimum Gasteiger partial charge on any atom is -0.484 e. The smallest absolute Gasteiger partial charge is 0.135 e. The number of hydrogen-bond acceptors (Lipinski definition) is 3. The molecule has 2 atom stereocenters. The molecule has 2 heterocycles. The van der Waals surface area contributed by atoms with E-state index in [2.05, 4.69) is 27.3 Å². The van der Waals surface area contributed by atoms with Crippen molar-refractivity contribution in [2.45, 2.75) is 18.6 Å². The predicted octanol–water partition coefficient (Wildman–Crippen LogP) is 4.43. The van der Waals surface area contributed by atoms with E-state index in [-0.39, 0.29) is 18.0 Å². The zero-order chi connectivity index (χ0) is 13.4. The second kappa shape index (κ2) is 5.23. The van der Waals surface area contributed by atoms with Crippen molar-refractivity contribution < 1.29 is 9.13 Å². The molecule has 0 saturated heterocycles. The van der Waals surface area contributed by atoms with Gasteiger partial charge in [0.05, 0.1) is 3.79 Å². The molecule has 3 rings (SSSR count). The summed E-state index contributed by atoms with van der Waals surface area (Å²) in [6, 6.07) is 8.92. The average Bonchev–Trinajstić information content (AvgIpc) is 2.84. The van der Waals surface area contributed by atoms with E-state index in [1.165, 1.54) is 10.9 Å². The molecule has 2 aromatic rings. The maximum absolute atomic E-state index is 13.3. The molecule has 0 bridgehead atoms. The summed E-state index contributed by atoms with van der Waals surface area (Å²) in [4.78, 5) is 1.18. The monoisotopic (exact) mass is 341 g/mol. The summed E-state index contributed by atoms with van der Waals surface area (Å²) in [6.45, 7) is 0. The molecule has 0 fully saturated rings. The van der Waals surface area contributed by atoms with Crippen LogP contribution in [0.25, 0.3) is 0 Å². The summed E-state index contributed by atoms with van der Waals surface area (Å²) >= 11 is 5.14. The number of rotatable bonds is 2. The molecule has 1 aliphatic heterocycles. The van der Waals surface area contributed by atoms with Crippen molar-refractivity contribution in [1.29, 1.82) is 0 Å². The molecule has 1 aliphatic rings. The van der Waals surface area contributed by atoms with E-state index in [4.69, 9.17) is 4.74 Å². The van der Waals surface area contributed by atoms with Gasteiger partial charge in [-0.1, -0.05) is 0 Å². The summed E-state index contributed by atoms with van der Waals surface area (Å²) in [5, 5.41) is 3.24. The lowest BCUT2D eigenvalue weighted by atomic mass is 9.96. The Morgan fingerprint density at radius 1 is 1.37 bits per heavy atom. The molecule has 1 aromatic heterocycles. The molecule has 2 nitrogen and oxygen atoms in total. The predicted molar refractivity (Wildman–Crippen MR) is 78.2 cm³/mol. The van der Waals surface area contributed by atoms with Crippen LogP contribution in [-0.2, 0) is 0 Å². The maximum Gasteiger partial charge on any atom is 0.135 e. The fourth-order valence-corrected chi connectivity index (χ4v) is 3.86. The quantitative estimate of drug-likeness (QED) is 0.872. The summed E-state index contributed by atoms with van der Waals surface area (Å²) in [5.41, 5.74) is 0.898. The van der Waals surface area contributed by atoms with Crippen LogP contribution in [0.3, 0.4) is 0 Å². The van der Waals surface area contributed by atoms with Crippen LogP contribution < -0.4 is 10.1 Å². The number of halogens is 2. The number of hydrogen-bond donors (Lipinski definition) is 1. The van der Waals surface area contributed by atoms with Gasteiger partial charge < -0.3 is 10.1 Å². The SMILES string of the molecule is CNC1CC(c2ccc(Br)s2)Oc2ccc(F)cc21. The standard InChI is InChI=1S/C14H13BrFNOS/c1-17-10-7-12(13-4-5-14(15)19-13)18-11-3-2-8(16)6-9(10)11/h2-6,10,12,17H,7H2,1H3. The largest absolute Gasteiger partial charge is 0.484 e. The molecule has 0 spiro atoms. The molecule has 0 radical (unpaired) electrons. The van der Waals surface area contributed by atoms with Gasteiger partial charge in [0.15, 0.2) is 0 Å². The fraction of sp³-hybridized carbons (Fsp3) is 0.286. The van der Waals surface area contributed by atoms with Crippen molar-refractivity contribution in [2.24, 2.45) is 0 Å². The van der Waals surface area contributed by atoms with Crippen LogP contribution in [0, 0.1) is 5.82 Å². The van der Waals surface area contributed by atoms with Crippen molar-refractivity contribution in [3.05, 3.63) is 50.4 Å². The van der Waals surface area contributed by atoms with Crippen LogP contribution in [0.4, 0.5) is 4.39 Å². The Morgan fingerprint density at radius 3 is 2.89 bits per heavy atom. The van der Waals surface area contributed by atoms with E-state index in [0.29, 0.717) is 0 Å². The van der Waals surface area contributed by atoms with E-state index >= 15 is 0 Å². The molecule has 100 valence electrons. The lowest BCUT2D eigenvalue weighted by molar-refractivity contribution is 0.156. The number of fused-ring (bicyclic) bond motifs is 1. The van der Waals surface area contributed by atoms with E-state index in [9.17, 15) is 4.39 Å². The van der Waals surface area contributed by atoms with E-state index in [1.807, 2.05) is 13.1 Å². The Kier molecular flexibility index (Phi) is 3.60. The third kappa shape index (κ3) is 2.55. The van der Waals surface area contributed by atoms with E-state index < -0.39 is 0 Å². The van der Waals surface area contributed by atoms with Crippen molar-refractivity contribution in [1.82, 2.24) is 5.32 Å². The van der Waals surface area contributed by atoms with Gasteiger partial charge in [-0.25, -0.2) is 4.39 Å². The molecule has 2 unspecified atom stereocenters. The van der Waals surface area contributed by atoms with Crippen molar-refractivity contribution in [2.75, 3.05) is 7.05 Å². The van der Waals surface area contributed by atoms with Crippen molar-refractivity contribution >= 4 is 27.3 Å². The highest BCUT2D eigenvalue weighted by molar-refractivity contribution is 9.11. The summed E-state index contributed by atoms with van der Waals surface area (Å²) < 4.78 is 20.4. The highest BCUT2D eigenvalue weighted by atomic mass is 79.9. The number of nitrogens with one attached hydrogen (secondary N) is 1. The van der Waals surface area contributed by atoms with Crippen molar-refractivity contribution in [3.8, 4) is 5.75 Å². The summed E-state index contributed by atoms with van der Waals surface area (Å²) in [6.07, 6.45) is 0.826. The molecular formula is C14H13BrFNOS. The second-order valence-electron chi connectivity index (χ2n) is 4.51. The molecule has 0 saturated carbocycles. The zero-order valence-corrected chi connectivity index (χ0v) is 12.7. The van der Waals surface area contributed by atoms with Gasteiger partial charge in [0.1, 0.15) is 17.7 Å². The Bertz CT molecular complexity index is 601. The van der Waals surface area contributed by atoms with Gasteiger partial charge in [0, 0.05) is 22.9 Å². The Balaban J connectivity index is 1.95. The molecule has 0 amide bonds. The van der Waals surface area contributed by atoms with Crippen LogP contribution in [0.5, 0.6) is 5.75 Å². The van der Waals surface area contributed by atoms with Gasteiger partial charge in [-0.2, -0.15) is 0 Å². The van der Waals surface area contributed by atoms with Crippen molar-refractivity contribution in [3.63, 3.8) is 0 Å². The van der Waals surface area contributed by atoms with Crippen LogP contribution >= 0.6 is 27.3 Å². The normalized spacial score (nSPS) is 21.8. The first-order valence-electron chi connectivity index (χ1n) is 6.06. The second-order valence-corrected chi connectivity index (χ2v) is 7.00. The highest BCUT2D eigenvalue weighted by Crippen LogP contribution is 2.43. The number of ether oxygens (including phenoxy) is 1. The van der Waals surface area contributed by atoms with Gasteiger partial charge >= 0.3 is 0 Å². The Labute approximate surface area is 123 Å². The Hall–Kier alpha value is -0.910. The minimum absolute atomic E-state index is 0.0201. The summed E-state index contributed by atoms with van der Waals surface area (Å²) in [5.74, 6) is 0.543. The highest BCUT2D eigenvalue weighted by Gasteiger charge is 2.29. The first-order valence-corrected chi connectivity index (χ1v) is 7.67. The van der Waals surface area contributed by atoms with Crippen LogP contribution in [0.15, 0.2) is 34.1 Å². The van der Waals surface area contributed by atoms with Gasteiger partial charge in [0.2, 0.25) is 0 Å². The van der Waals surface area contributed by atoms with Gasteiger partial charge in [-0.15, -0.1) is 11.3 Å². The van der Waals surface area contributed by atoms with Gasteiger partial charge in [-0.05, 0) is 53.3 Å². The molecular weight excluding hydrogens is 329 g/mol. The van der Waals surface area contributed by atoms with Gasteiger partial charge in [-0.3, -0.25) is 0 Å². The molecule has 5 heteroatoms. The first kappa shape index (κ1) is 13.1. The topological polar surface area (TPSA) is 21.3 Å². The summed E-state index contributed by atoms with van der Waals surface area (Å²) in [7, 11) is 1.89. The molecule has 0 aliphatic carbocycles. The lowest BCUT2D eigenvalue weighted by Gasteiger charge is -2.31. The molecule has 1 N–H and O–H groups in total. The number of thiophene rings is 1. The van der Waals surface area contributed by atoms with E-state index in [1.54, 1.807) is 23.5 Å². The van der Waals surface area contributed by atoms with Crippen LogP contribution in [0.1, 0.15) is 29.0 Å². The zero-order valence-electron chi connectivity index (χ0n) is 10.3.